The Morgan fingerprint density at radius 3 is 1.96 bits per heavy atom. The largest absolute Gasteiger partial charge is 0.478 e. The maximum Gasteiger partial charge on any atom is 0.335 e. The van der Waals surface area contributed by atoms with Crippen molar-refractivity contribution in [3.63, 3.8) is 0 Å². The summed E-state index contributed by atoms with van der Waals surface area (Å²) < 4.78 is 0. The first-order valence-corrected chi connectivity index (χ1v) is 8.15. The van der Waals surface area contributed by atoms with Gasteiger partial charge in [0.05, 0.1) is 5.56 Å². The van der Waals surface area contributed by atoms with E-state index in [4.69, 9.17) is 5.11 Å². The van der Waals surface area contributed by atoms with Gasteiger partial charge in [-0.1, -0.05) is 20.8 Å². The second-order valence-corrected chi connectivity index (χ2v) is 7.07. The second-order valence-electron chi connectivity index (χ2n) is 7.07. The Morgan fingerprint density at radius 2 is 1.46 bits per heavy atom. The van der Waals surface area contributed by atoms with E-state index in [1.165, 1.54) is 12.1 Å². The first-order chi connectivity index (χ1) is 12.1. The fourth-order valence-electron chi connectivity index (χ4n) is 2.15. The molecule has 6 nitrogen and oxygen atoms in total. The minimum atomic E-state index is -1.01. The monoisotopic (exact) mass is 354 g/mol. The molecule has 0 bridgehead atoms. The third-order valence-electron chi connectivity index (χ3n) is 3.81. The van der Waals surface area contributed by atoms with Crippen molar-refractivity contribution in [2.45, 2.75) is 27.7 Å². The number of anilines is 2. The van der Waals surface area contributed by atoms with E-state index >= 15 is 0 Å². The zero-order chi connectivity index (χ0) is 19.5. The lowest BCUT2D eigenvalue weighted by Gasteiger charge is -2.17. The average molecular weight is 354 g/mol. The molecular formula is C20H22N2O4. The summed E-state index contributed by atoms with van der Waals surface area (Å²) >= 11 is 0. The number of aromatic carboxylic acids is 1. The van der Waals surface area contributed by atoms with Crippen LogP contribution in [0.3, 0.4) is 0 Å². The van der Waals surface area contributed by atoms with E-state index in [0.717, 1.165) is 0 Å². The van der Waals surface area contributed by atoms with Crippen molar-refractivity contribution in [3.8, 4) is 0 Å². The molecule has 26 heavy (non-hydrogen) atoms. The number of carbonyl (C=O) groups excluding carboxylic acids is 2. The third-order valence-corrected chi connectivity index (χ3v) is 3.81. The van der Waals surface area contributed by atoms with Gasteiger partial charge in [-0.15, -0.1) is 0 Å². The van der Waals surface area contributed by atoms with Crippen molar-refractivity contribution in [3.05, 3.63) is 59.2 Å². The number of benzene rings is 2. The molecule has 0 fully saturated rings. The molecule has 0 heterocycles. The van der Waals surface area contributed by atoms with Gasteiger partial charge in [-0.3, -0.25) is 9.59 Å². The van der Waals surface area contributed by atoms with Crippen molar-refractivity contribution in [2.75, 3.05) is 10.6 Å². The van der Waals surface area contributed by atoms with E-state index in [0.29, 0.717) is 22.5 Å². The van der Waals surface area contributed by atoms with Crippen LogP contribution in [0.4, 0.5) is 11.4 Å². The maximum absolute atomic E-state index is 12.4. The Bertz CT molecular complexity index is 849. The molecule has 0 saturated heterocycles. The quantitative estimate of drug-likeness (QED) is 0.775. The zero-order valence-electron chi connectivity index (χ0n) is 15.2. The summed E-state index contributed by atoms with van der Waals surface area (Å²) in [6, 6.07) is 11.1. The zero-order valence-corrected chi connectivity index (χ0v) is 15.2. The maximum atomic E-state index is 12.4. The van der Waals surface area contributed by atoms with E-state index in [1.54, 1.807) is 37.3 Å². The molecule has 2 amide bonds. The van der Waals surface area contributed by atoms with E-state index < -0.39 is 11.4 Å². The van der Waals surface area contributed by atoms with Gasteiger partial charge in [-0.2, -0.15) is 0 Å². The molecule has 0 saturated carbocycles. The predicted molar refractivity (Wildman–Crippen MR) is 101 cm³/mol. The highest BCUT2D eigenvalue weighted by Gasteiger charge is 2.21. The van der Waals surface area contributed by atoms with Crippen LogP contribution < -0.4 is 10.6 Å². The molecule has 0 aliphatic heterocycles. The summed E-state index contributed by atoms with van der Waals surface area (Å²) in [6.45, 7) is 7.19. The Labute approximate surface area is 152 Å². The highest BCUT2D eigenvalue weighted by Crippen LogP contribution is 2.20. The Kier molecular flexibility index (Phi) is 5.45. The molecule has 0 unspecified atom stereocenters. The van der Waals surface area contributed by atoms with Crippen LogP contribution in [0.25, 0.3) is 0 Å². The van der Waals surface area contributed by atoms with Gasteiger partial charge in [0.25, 0.3) is 5.91 Å². The summed E-state index contributed by atoms with van der Waals surface area (Å²) in [5.41, 5.74) is 1.91. The van der Waals surface area contributed by atoms with Crippen molar-refractivity contribution in [1.29, 1.82) is 0 Å². The van der Waals surface area contributed by atoms with Gasteiger partial charge in [0.15, 0.2) is 0 Å². The van der Waals surface area contributed by atoms with Crippen LogP contribution in [0.1, 0.15) is 47.1 Å². The molecule has 2 rings (SSSR count). The van der Waals surface area contributed by atoms with Crippen LogP contribution in [0.15, 0.2) is 42.5 Å². The standard InChI is InChI=1S/C20H22N2O4/c1-12-11-14(18(24)25)7-10-16(12)22-17(23)13-5-8-15(9-6-13)21-19(26)20(2,3)4/h5-11H,1-4H3,(H,21,26)(H,22,23)(H,24,25). The lowest BCUT2D eigenvalue weighted by atomic mass is 9.95. The summed E-state index contributed by atoms with van der Waals surface area (Å²) in [4.78, 5) is 35.3. The van der Waals surface area contributed by atoms with Gasteiger partial charge in [0, 0.05) is 22.4 Å². The van der Waals surface area contributed by atoms with E-state index in [1.807, 2.05) is 20.8 Å². The molecule has 2 aromatic rings. The van der Waals surface area contributed by atoms with Gasteiger partial charge >= 0.3 is 5.97 Å². The number of aryl methyl sites for hydroxylation is 1. The SMILES string of the molecule is Cc1cc(C(=O)O)ccc1NC(=O)c1ccc(NC(=O)C(C)(C)C)cc1. The highest BCUT2D eigenvalue weighted by atomic mass is 16.4. The number of nitrogens with one attached hydrogen (secondary N) is 2. The Balaban J connectivity index is 2.09. The fourth-order valence-corrected chi connectivity index (χ4v) is 2.15. The molecular weight excluding hydrogens is 332 g/mol. The number of carbonyl (C=O) groups is 3. The number of amides is 2. The summed E-state index contributed by atoms with van der Waals surface area (Å²) in [5, 5.41) is 14.5. The number of rotatable bonds is 4. The molecule has 3 N–H and O–H groups in total. The number of carboxylic acids is 1. The Morgan fingerprint density at radius 1 is 0.885 bits per heavy atom. The first kappa shape index (κ1) is 19.2. The molecule has 0 spiro atoms. The minimum Gasteiger partial charge on any atom is -0.478 e. The fraction of sp³-hybridized carbons (Fsp3) is 0.250. The van der Waals surface area contributed by atoms with Crippen molar-refractivity contribution >= 4 is 29.2 Å². The summed E-state index contributed by atoms with van der Waals surface area (Å²) in [7, 11) is 0. The van der Waals surface area contributed by atoms with Gasteiger partial charge in [-0.05, 0) is 55.0 Å². The molecule has 2 aromatic carbocycles. The van der Waals surface area contributed by atoms with Crippen molar-refractivity contribution in [2.24, 2.45) is 5.41 Å². The van der Waals surface area contributed by atoms with Crippen LogP contribution in [0.2, 0.25) is 0 Å². The number of carboxylic acid groups (broad SMARTS) is 1. The van der Waals surface area contributed by atoms with Crippen LogP contribution in [-0.4, -0.2) is 22.9 Å². The first-order valence-electron chi connectivity index (χ1n) is 8.15. The molecule has 0 aromatic heterocycles. The summed E-state index contributed by atoms with van der Waals surface area (Å²) in [6.07, 6.45) is 0. The van der Waals surface area contributed by atoms with Gasteiger partial charge in [-0.25, -0.2) is 4.79 Å². The van der Waals surface area contributed by atoms with Gasteiger partial charge in [0.1, 0.15) is 0 Å². The molecule has 6 heteroatoms. The van der Waals surface area contributed by atoms with Crippen LogP contribution >= 0.6 is 0 Å². The lowest BCUT2D eigenvalue weighted by molar-refractivity contribution is -0.123. The Hall–Kier alpha value is -3.15. The van der Waals surface area contributed by atoms with Crippen molar-refractivity contribution in [1.82, 2.24) is 0 Å². The van der Waals surface area contributed by atoms with Crippen LogP contribution in [0.5, 0.6) is 0 Å². The molecule has 0 atom stereocenters. The molecule has 0 aliphatic rings. The minimum absolute atomic E-state index is 0.108. The smallest absolute Gasteiger partial charge is 0.335 e. The highest BCUT2D eigenvalue weighted by molar-refractivity contribution is 6.05. The second kappa shape index (κ2) is 7.39. The molecule has 0 radical (unpaired) electrons. The van der Waals surface area contributed by atoms with E-state index in [-0.39, 0.29) is 17.4 Å². The normalized spacial score (nSPS) is 10.9. The number of hydrogen-bond donors (Lipinski definition) is 3. The topological polar surface area (TPSA) is 95.5 Å². The van der Waals surface area contributed by atoms with Crippen molar-refractivity contribution < 1.29 is 19.5 Å². The predicted octanol–water partition coefficient (Wildman–Crippen LogP) is 3.93. The molecule has 0 aliphatic carbocycles. The molecule has 136 valence electrons. The number of hydrogen-bond acceptors (Lipinski definition) is 3. The lowest BCUT2D eigenvalue weighted by Crippen LogP contribution is -2.27. The van der Waals surface area contributed by atoms with Gasteiger partial charge in [0.2, 0.25) is 5.91 Å². The van der Waals surface area contributed by atoms with Gasteiger partial charge < -0.3 is 15.7 Å². The van der Waals surface area contributed by atoms with E-state index in [9.17, 15) is 14.4 Å². The van der Waals surface area contributed by atoms with Crippen LogP contribution in [-0.2, 0) is 4.79 Å². The van der Waals surface area contributed by atoms with Crippen LogP contribution in [0, 0.1) is 12.3 Å². The van der Waals surface area contributed by atoms with E-state index in [2.05, 4.69) is 10.6 Å². The summed E-state index contributed by atoms with van der Waals surface area (Å²) in [5.74, 6) is -1.44. The average Bonchev–Trinajstić information content (AvgIpc) is 2.56. The third kappa shape index (κ3) is 4.69.